The highest BCUT2D eigenvalue weighted by atomic mass is 32.1. The summed E-state index contributed by atoms with van der Waals surface area (Å²) < 4.78 is 5.87. The van der Waals surface area contributed by atoms with Crippen molar-refractivity contribution in [1.82, 2.24) is 0 Å². The van der Waals surface area contributed by atoms with Gasteiger partial charge in [-0.05, 0) is 54.4 Å². The third-order valence-electron chi connectivity index (χ3n) is 5.12. The molecular formula is C24H19NO6S. The first-order valence-corrected chi connectivity index (χ1v) is 10.3. The van der Waals surface area contributed by atoms with Gasteiger partial charge in [0.1, 0.15) is 22.3 Å². The molecule has 2 aromatic carbocycles. The third kappa shape index (κ3) is 4.17. The Morgan fingerprint density at radius 1 is 1.06 bits per heavy atom. The van der Waals surface area contributed by atoms with Crippen molar-refractivity contribution in [2.24, 2.45) is 0 Å². The number of aliphatic carboxylic acids is 1. The number of benzene rings is 3. The molecule has 0 spiro atoms. The Hall–Kier alpha value is -3.78. The third-order valence-corrected chi connectivity index (χ3v) is 5.52. The molecule has 0 fully saturated rings. The van der Waals surface area contributed by atoms with E-state index in [0.29, 0.717) is 17.0 Å². The summed E-state index contributed by atoms with van der Waals surface area (Å²) in [6.45, 7) is 1.88. The zero-order valence-corrected chi connectivity index (χ0v) is 17.8. The number of amides is 1. The van der Waals surface area contributed by atoms with Crippen LogP contribution in [0.15, 0.2) is 63.8 Å². The van der Waals surface area contributed by atoms with Crippen molar-refractivity contribution in [3.05, 3.63) is 70.4 Å². The van der Waals surface area contributed by atoms with Crippen LogP contribution in [0.1, 0.15) is 12.0 Å². The van der Waals surface area contributed by atoms with E-state index in [1.807, 2.05) is 13.0 Å². The van der Waals surface area contributed by atoms with Crippen LogP contribution in [0.5, 0.6) is 5.75 Å². The molecule has 2 aliphatic rings. The lowest BCUT2D eigenvalue weighted by Crippen LogP contribution is -2.22. The maximum Gasteiger partial charge on any atom is 0.316 e. The maximum absolute atomic E-state index is 12.1. The zero-order valence-electron chi connectivity index (χ0n) is 17.0. The lowest BCUT2D eigenvalue weighted by molar-refractivity contribution is -0.137. The molecule has 2 aromatic rings. The van der Waals surface area contributed by atoms with E-state index in [4.69, 9.17) is 9.52 Å². The number of rotatable bonds is 5. The second-order valence-electron chi connectivity index (χ2n) is 7.45. The molecule has 0 radical (unpaired) electrons. The van der Waals surface area contributed by atoms with E-state index < -0.39 is 17.1 Å². The van der Waals surface area contributed by atoms with Gasteiger partial charge in [-0.25, -0.2) is 0 Å². The number of carbonyl (C=O) groups is 2. The first-order chi connectivity index (χ1) is 15.2. The summed E-state index contributed by atoms with van der Waals surface area (Å²) in [5, 5.41) is 21.2. The Labute approximate surface area is 188 Å². The average Bonchev–Trinajstić information content (AvgIpc) is 2.72. The van der Waals surface area contributed by atoms with Crippen molar-refractivity contribution in [3.8, 4) is 28.2 Å². The minimum absolute atomic E-state index is 0.0449. The fraction of sp³-hybridized carbons (Fsp3) is 0.125. The summed E-state index contributed by atoms with van der Waals surface area (Å²) in [7, 11) is 0. The van der Waals surface area contributed by atoms with Gasteiger partial charge < -0.3 is 19.9 Å². The molecule has 7 nitrogen and oxygen atoms in total. The number of carboxylic acids is 1. The summed E-state index contributed by atoms with van der Waals surface area (Å²) >= 11 is 3.89. The standard InChI is InChI=1S/C24H19NO6S/c1-12-8-13(25-22(28)11-21(32)24(29)30)2-5-16(12)23-17-6-3-14(26)9-19(17)31-20-10-15(27)4-7-18(20)23/h2-10,21,26,32H,11H2,1H3,(H,25,28)(H,29,30). The van der Waals surface area contributed by atoms with Gasteiger partial charge in [0.2, 0.25) is 5.91 Å². The van der Waals surface area contributed by atoms with Crippen molar-refractivity contribution in [2.75, 3.05) is 5.32 Å². The molecular weight excluding hydrogens is 430 g/mol. The number of phenolic OH excluding ortho intramolecular Hbond substituents is 1. The molecule has 0 bridgehead atoms. The second-order valence-corrected chi connectivity index (χ2v) is 8.07. The van der Waals surface area contributed by atoms with Crippen LogP contribution in [-0.4, -0.2) is 27.3 Å². The number of nitrogens with one attached hydrogen (secondary N) is 1. The van der Waals surface area contributed by atoms with E-state index in [0.717, 1.165) is 27.6 Å². The number of phenols is 1. The topological polar surface area (TPSA) is 117 Å². The number of thiol groups is 1. The number of anilines is 1. The molecule has 0 saturated carbocycles. The van der Waals surface area contributed by atoms with Gasteiger partial charge in [-0.3, -0.25) is 14.4 Å². The van der Waals surface area contributed by atoms with Crippen LogP contribution in [0.25, 0.3) is 33.4 Å². The molecule has 1 aliphatic heterocycles. The molecule has 162 valence electrons. The number of hydrogen-bond donors (Lipinski definition) is 4. The Kier molecular flexibility index (Phi) is 5.63. The quantitative estimate of drug-likeness (QED) is 0.267. The number of carboxylic acid groups (broad SMARTS) is 1. The second kappa shape index (κ2) is 8.39. The molecule has 3 N–H and O–H groups in total. The first kappa shape index (κ1) is 21.5. The molecule has 0 saturated heterocycles. The van der Waals surface area contributed by atoms with Crippen LogP contribution < -0.4 is 10.7 Å². The number of carbonyl (C=O) groups excluding carboxylic acids is 1. The minimum Gasteiger partial charge on any atom is -0.508 e. The minimum atomic E-state index is -1.16. The molecule has 0 aromatic heterocycles. The van der Waals surface area contributed by atoms with E-state index in [9.17, 15) is 19.5 Å². The van der Waals surface area contributed by atoms with Gasteiger partial charge in [-0.1, -0.05) is 6.07 Å². The van der Waals surface area contributed by atoms with E-state index >= 15 is 0 Å². The lowest BCUT2D eigenvalue weighted by atomic mass is 9.91. The predicted molar refractivity (Wildman–Crippen MR) is 125 cm³/mol. The monoisotopic (exact) mass is 449 g/mol. The molecule has 1 amide bonds. The van der Waals surface area contributed by atoms with Crippen LogP contribution in [-0.2, 0) is 9.59 Å². The van der Waals surface area contributed by atoms with Crippen molar-refractivity contribution in [2.45, 2.75) is 18.6 Å². The highest BCUT2D eigenvalue weighted by Crippen LogP contribution is 2.42. The van der Waals surface area contributed by atoms with Crippen molar-refractivity contribution in [1.29, 1.82) is 0 Å². The van der Waals surface area contributed by atoms with Gasteiger partial charge in [0.15, 0.2) is 5.43 Å². The van der Waals surface area contributed by atoms with Crippen LogP contribution in [0, 0.1) is 6.92 Å². The fourth-order valence-corrected chi connectivity index (χ4v) is 3.81. The molecule has 1 heterocycles. The molecule has 8 heteroatoms. The number of aromatic hydroxyl groups is 1. The Morgan fingerprint density at radius 3 is 2.53 bits per heavy atom. The molecule has 32 heavy (non-hydrogen) atoms. The van der Waals surface area contributed by atoms with Gasteiger partial charge >= 0.3 is 5.97 Å². The Morgan fingerprint density at radius 2 is 1.81 bits per heavy atom. The smallest absolute Gasteiger partial charge is 0.316 e. The summed E-state index contributed by atoms with van der Waals surface area (Å²) in [6, 6.07) is 14.7. The largest absolute Gasteiger partial charge is 0.508 e. The molecule has 1 aliphatic carbocycles. The summed E-state index contributed by atoms with van der Waals surface area (Å²) in [5.41, 5.74) is 4.04. The van der Waals surface area contributed by atoms with Crippen LogP contribution >= 0.6 is 12.6 Å². The van der Waals surface area contributed by atoms with Crippen molar-refractivity contribution >= 4 is 41.2 Å². The Bertz CT molecular complexity index is 1390. The molecule has 1 unspecified atom stereocenters. The van der Waals surface area contributed by atoms with Gasteiger partial charge in [0.25, 0.3) is 0 Å². The predicted octanol–water partition coefficient (Wildman–Crippen LogP) is 4.29. The van der Waals surface area contributed by atoms with Gasteiger partial charge in [0.05, 0.1) is 0 Å². The lowest BCUT2D eigenvalue weighted by Gasteiger charge is -2.17. The first-order valence-electron chi connectivity index (χ1n) is 9.74. The fourth-order valence-electron chi connectivity index (χ4n) is 3.65. The zero-order chi connectivity index (χ0) is 23.0. The van der Waals surface area contributed by atoms with Crippen LogP contribution in [0.4, 0.5) is 5.69 Å². The maximum atomic E-state index is 12.1. The van der Waals surface area contributed by atoms with E-state index in [-0.39, 0.29) is 17.6 Å². The summed E-state index contributed by atoms with van der Waals surface area (Å²) in [6.07, 6.45) is -0.254. The van der Waals surface area contributed by atoms with Gasteiger partial charge in [0, 0.05) is 40.8 Å². The van der Waals surface area contributed by atoms with E-state index in [1.165, 1.54) is 18.2 Å². The number of hydrogen-bond acceptors (Lipinski definition) is 6. The van der Waals surface area contributed by atoms with E-state index in [2.05, 4.69) is 17.9 Å². The SMILES string of the molecule is Cc1cc(NC(=O)CC(S)C(=O)O)ccc1-c1c2ccc(=O)cc-2oc2cc(O)ccc12. The normalized spacial score (nSPS) is 12.1. The Balaban J connectivity index is 1.79. The van der Waals surface area contributed by atoms with Crippen LogP contribution in [0.3, 0.4) is 0 Å². The average molecular weight is 449 g/mol. The molecule has 1 atom stereocenters. The molecule has 4 rings (SSSR count). The van der Waals surface area contributed by atoms with Crippen molar-refractivity contribution < 1.29 is 24.2 Å². The van der Waals surface area contributed by atoms with Crippen molar-refractivity contribution in [3.63, 3.8) is 0 Å². The highest BCUT2D eigenvalue weighted by Gasteiger charge is 2.20. The summed E-state index contributed by atoms with van der Waals surface area (Å²) in [4.78, 5) is 34.9. The number of fused-ring (bicyclic) bond motifs is 2. The van der Waals surface area contributed by atoms with E-state index in [1.54, 1.807) is 30.3 Å². The van der Waals surface area contributed by atoms with Gasteiger partial charge in [-0.2, -0.15) is 12.6 Å². The number of aryl methyl sites for hydroxylation is 1. The summed E-state index contributed by atoms with van der Waals surface area (Å²) in [5.74, 6) is -1.16. The highest BCUT2D eigenvalue weighted by molar-refractivity contribution is 7.81. The van der Waals surface area contributed by atoms with Crippen LogP contribution in [0.2, 0.25) is 0 Å². The van der Waals surface area contributed by atoms with Gasteiger partial charge in [-0.15, -0.1) is 0 Å².